The van der Waals surface area contributed by atoms with Gasteiger partial charge in [0, 0.05) is 29.4 Å². The second-order valence-corrected chi connectivity index (χ2v) is 6.65. The number of nitrogens with two attached hydrogens (primary N) is 1. The number of fused-ring (bicyclic) bond motifs is 1. The summed E-state index contributed by atoms with van der Waals surface area (Å²) >= 11 is 0. The average Bonchev–Trinajstić information content (AvgIpc) is 3.38. The normalized spacial score (nSPS) is 15.3. The van der Waals surface area contributed by atoms with Gasteiger partial charge < -0.3 is 20.2 Å². The van der Waals surface area contributed by atoms with E-state index in [0.717, 1.165) is 23.4 Å². The van der Waals surface area contributed by atoms with Crippen molar-refractivity contribution in [3.8, 4) is 28.5 Å². The molecule has 2 aliphatic heterocycles. The summed E-state index contributed by atoms with van der Waals surface area (Å²) in [5, 5.41) is 9.54. The van der Waals surface area contributed by atoms with E-state index in [1.54, 1.807) is 36.4 Å². The van der Waals surface area contributed by atoms with Crippen LogP contribution in [-0.2, 0) is 0 Å². The first kappa shape index (κ1) is 16.4. The maximum Gasteiger partial charge on any atom is 0.227 e. The number of hydrogen-bond donors (Lipinski definition) is 2. The van der Waals surface area contributed by atoms with E-state index in [4.69, 9.17) is 15.1 Å². The molecule has 3 aromatic rings. The fourth-order valence-corrected chi connectivity index (χ4v) is 3.24. The fourth-order valence-electron chi connectivity index (χ4n) is 3.24. The molecule has 5 rings (SSSR count). The van der Waals surface area contributed by atoms with Crippen LogP contribution >= 0.6 is 0 Å². The molecule has 3 N–H and O–H groups in total. The van der Waals surface area contributed by atoms with Crippen LogP contribution in [0.4, 0.5) is 4.39 Å². The van der Waals surface area contributed by atoms with E-state index in [0.29, 0.717) is 28.6 Å². The largest absolute Gasteiger partial charge is 0.508 e. The Labute approximate surface area is 160 Å². The van der Waals surface area contributed by atoms with Crippen LogP contribution in [0.3, 0.4) is 0 Å². The number of benzene rings is 2. The number of oxazole rings is 1. The van der Waals surface area contributed by atoms with Crippen LogP contribution in [0.15, 0.2) is 82.7 Å². The Morgan fingerprint density at radius 3 is 2.50 bits per heavy atom. The molecule has 2 aromatic carbocycles. The first-order valence-electron chi connectivity index (χ1n) is 8.82. The standard InChI is InChI=1S/C22H16FN3O2/c23-15-7-3-13(4-8-15)21-20(17-2-1-11-26-12-18(26)19(17)24)25-22(28-21)14-5-9-16(27)10-6-14/h1-10,12,27H,11,24H2. The first-order chi connectivity index (χ1) is 13.6. The molecule has 0 saturated heterocycles. The van der Waals surface area contributed by atoms with Gasteiger partial charge in [-0.2, -0.15) is 0 Å². The molecule has 0 atom stereocenters. The van der Waals surface area contributed by atoms with Gasteiger partial charge in [0.2, 0.25) is 5.89 Å². The molecule has 0 saturated carbocycles. The Hall–Kier alpha value is -3.80. The molecule has 0 radical (unpaired) electrons. The van der Waals surface area contributed by atoms with Crippen molar-refractivity contribution in [3.05, 3.63) is 89.8 Å². The van der Waals surface area contributed by atoms with E-state index < -0.39 is 0 Å². The number of hydrogen-bond acceptors (Lipinski definition) is 5. The van der Waals surface area contributed by atoms with E-state index in [1.165, 1.54) is 12.1 Å². The molecule has 0 spiro atoms. The summed E-state index contributed by atoms with van der Waals surface area (Å²) in [5.74, 6) is 0.749. The molecular formula is C22H16FN3O2. The minimum atomic E-state index is -0.324. The lowest BCUT2D eigenvalue weighted by Crippen LogP contribution is -2.05. The number of halogens is 1. The minimum Gasteiger partial charge on any atom is -0.508 e. The summed E-state index contributed by atoms with van der Waals surface area (Å²) in [4.78, 5) is 6.75. The van der Waals surface area contributed by atoms with Crippen molar-refractivity contribution in [2.75, 3.05) is 6.54 Å². The highest BCUT2D eigenvalue weighted by molar-refractivity contribution is 5.86. The molecule has 0 aliphatic carbocycles. The van der Waals surface area contributed by atoms with Crippen LogP contribution in [-0.4, -0.2) is 21.5 Å². The molecule has 1 aromatic heterocycles. The Morgan fingerprint density at radius 1 is 1.04 bits per heavy atom. The van der Waals surface area contributed by atoms with E-state index in [-0.39, 0.29) is 11.6 Å². The van der Waals surface area contributed by atoms with Gasteiger partial charge in [0.05, 0.1) is 11.4 Å². The van der Waals surface area contributed by atoms with Crippen molar-refractivity contribution in [2.45, 2.75) is 0 Å². The zero-order valence-corrected chi connectivity index (χ0v) is 14.8. The van der Waals surface area contributed by atoms with Gasteiger partial charge in [-0.05, 0) is 48.5 Å². The van der Waals surface area contributed by atoms with Crippen LogP contribution < -0.4 is 5.73 Å². The lowest BCUT2D eigenvalue weighted by Gasteiger charge is -2.05. The summed E-state index contributed by atoms with van der Waals surface area (Å²) in [6.07, 6.45) is 5.94. The van der Waals surface area contributed by atoms with Gasteiger partial charge in [0.25, 0.3) is 0 Å². The van der Waals surface area contributed by atoms with Crippen molar-refractivity contribution in [1.29, 1.82) is 0 Å². The molecule has 138 valence electrons. The van der Waals surface area contributed by atoms with E-state index in [9.17, 15) is 9.50 Å². The van der Waals surface area contributed by atoms with E-state index in [2.05, 4.69) is 4.90 Å². The number of aromatic nitrogens is 1. The predicted octanol–water partition coefficient (Wildman–Crippen LogP) is 4.25. The summed E-state index contributed by atoms with van der Waals surface area (Å²) < 4.78 is 19.5. The minimum absolute atomic E-state index is 0.161. The number of rotatable bonds is 3. The van der Waals surface area contributed by atoms with Crippen LogP contribution in [0.1, 0.15) is 5.69 Å². The number of phenolic OH excluding ortho intramolecular Hbond substituents is 1. The molecule has 0 fully saturated rings. The Balaban J connectivity index is 1.70. The highest BCUT2D eigenvalue weighted by Gasteiger charge is 2.29. The van der Waals surface area contributed by atoms with Crippen LogP contribution in [0.2, 0.25) is 0 Å². The maximum absolute atomic E-state index is 13.4. The van der Waals surface area contributed by atoms with Gasteiger partial charge >= 0.3 is 0 Å². The van der Waals surface area contributed by atoms with Gasteiger partial charge in [-0.3, -0.25) is 0 Å². The van der Waals surface area contributed by atoms with Crippen molar-refractivity contribution in [3.63, 3.8) is 0 Å². The molecule has 6 heteroatoms. The zero-order valence-electron chi connectivity index (χ0n) is 14.8. The summed E-state index contributed by atoms with van der Waals surface area (Å²) in [6, 6.07) is 12.7. The lowest BCUT2D eigenvalue weighted by molar-refractivity contribution is 0.475. The number of aromatic hydroxyl groups is 1. The second-order valence-electron chi connectivity index (χ2n) is 6.65. The van der Waals surface area contributed by atoms with Gasteiger partial charge in [0.1, 0.15) is 17.3 Å². The molecule has 2 aliphatic rings. The highest BCUT2D eigenvalue weighted by atomic mass is 19.1. The summed E-state index contributed by atoms with van der Waals surface area (Å²) in [6.45, 7) is 0.758. The Kier molecular flexibility index (Phi) is 3.58. The van der Waals surface area contributed by atoms with Crippen molar-refractivity contribution in [2.24, 2.45) is 5.73 Å². The zero-order chi connectivity index (χ0) is 19.3. The average molecular weight is 373 g/mol. The maximum atomic E-state index is 13.4. The molecular weight excluding hydrogens is 357 g/mol. The van der Waals surface area contributed by atoms with Gasteiger partial charge in [-0.1, -0.05) is 12.2 Å². The first-order valence-corrected chi connectivity index (χ1v) is 8.82. The van der Waals surface area contributed by atoms with Gasteiger partial charge in [-0.25, -0.2) is 9.37 Å². The SMILES string of the molecule is NC1=C(c2nc(-c3ccc(O)cc3)oc2-c2ccc(F)cc2)C=CCN2C=C12. The number of phenols is 1. The molecule has 0 bridgehead atoms. The van der Waals surface area contributed by atoms with Crippen LogP contribution in [0, 0.1) is 5.82 Å². The third-order valence-electron chi connectivity index (χ3n) is 4.78. The Bertz CT molecular complexity index is 1160. The number of allylic oxidation sites excluding steroid dienone is 2. The Morgan fingerprint density at radius 2 is 1.75 bits per heavy atom. The molecule has 28 heavy (non-hydrogen) atoms. The summed E-state index contributed by atoms with van der Waals surface area (Å²) in [5.41, 5.74) is 10.8. The third-order valence-corrected chi connectivity index (χ3v) is 4.78. The molecule has 0 unspecified atom stereocenters. The van der Waals surface area contributed by atoms with Gasteiger partial charge in [0.15, 0.2) is 5.76 Å². The van der Waals surface area contributed by atoms with Crippen molar-refractivity contribution >= 4 is 5.57 Å². The van der Waals surface area contributed by atoms with Crippen molar-refractivity contribution in [1.82, 2.24) is 9.88 Å². The lowest BCUT2D eigenvalue weighted by atomic mass is 10.0. The van der Waals surface area contributed by atoms with Gasteiger partial charge in [-0.15, -0.1) is 0 Å². The molecule has 5 nitrogen and oxygen atoms in total. The smallest absolute Gasteiger partial charge is 0.227 e. The highest BCUT2D eigenvalue weighted by Crippen LogP contribution is 2.39. The number of nitrogens with zero attached hydrogens (tertiary/aromatic N) is 2. The second kappa shape index (κ2) is 6.13. The van der Waals surface area contributed by atoms with E-state index >= 15 is 0 Å². The third kappa shape index (κ3) is 2.75. The predicted molar refractivity (Wildman–Crippen MR) is 104 cm³/mol. The van der Waals surface area contributed by atoms with E-state index in [1.807, 2.05) is 18.4 Å². The fraction of sp³-hybridized carbons (Fsp3) is 0.0455. The topological polar surface area (TPSA) is 75.3 Å². The molecule has 3 heterocycles. The van der Waals surface area contributed by atoms with Crippen LogP contribution in [0.5, 0.6) is 5.75 Å². The monoisotopic (exact) mass is 373 g/mol. The van der Waals surface area contributed by atoms with Crippen molar-refractivity contribution < 1.29 is 13.9 Å². The molecule has 0 amide bonds. The van der Waals surface area contributed by atoms with Crippen LogP contribution in [0.25, 0.3) is 28.4 Å². The summed E-state index contributed by atoms with van der Waals surface area (Å²) in [7, 11) is 0. The quantitative estimate of drug-likeness (QED) is 0.718.